The molecule has 0 spiro atoms. The van der Waals surface area contributed by atoms with Gasteiger partial charge in [-0.15, -0.1) is 0 Å². The van der Waals surface area contributed by atoms with E-state index in [1.165, 1.54) is 19.4 Å². The zero-order chi connectivity index (χ0) is 14.5. The van der Waals surface area contributed by atoms with Gasteiger partial charge in [-0.25, -0.2) is 0 Å². The average Bonchev–Trinajstić information content (AvgIpc) is 2.46. The first-order valence-electron chi connectivity index (χ1n) is 7.69. The molecule has 0 N–H and O–H groups in total. The molecule has 1 aliphatic heterocycles. The molecule has 1 amide bonds. The summed E-state index contributed by atoms with van der Waals surface area (Å²) in [5.74, 6) is 0.250. The molecule has 1 fully saturated rings. The molecule has 0 saturated carbocycles. The van der Waals surface area contributed by atoms with Crippen molar-refractivity contribution in [3.05, 3.63) is 0 Å². The number of nitrogens with zero attached hydrogens (tertiary/aromatic N) is 2. The Labute approximate surface area is 119 Å². The highest BCUT2D eigenvalue weighted by atomic mass is 16.5. The number of carbonyl (C=O) groups excluding carboxylic acids is 1. The predicted octanol–water partition coefficient (Wildman–Crippen LogP) is 2.38. The van der Waals surface area contributed by atoms with Crippen molar-refractivity contribution >= 4 is 5.91 Å². The lowest BCUT2D eigenvalue weighted by molar-refractivity contribution is -0.129. The standard InChI is InChI=1S/C8H17NO.C7H15NO/c1-2-3-4-9-5-7-10-8-6-9;1-4-6-7(9)8(3)5-2/h2-8H2,1H3;4-6H2,1-3H3. The van der Waals surface area contributed by atoms with Crippen molar-refractivity contribution in [2.75, 3.05) is 46.4 Å². The minimum absolute atomic E-state index is 0.250. The molecule has 19 heavy (non-hydrogen) atoms. The molecule has 0 aliphatic carbocycles. The van der Waals surface area contributed by atoms with E-state index in [1.54, 1.807) is 4.90 Å². The van der Waals surface area contributed by atoms with Gasteiger partial charge in [0.1, 0.15) is 0 Å². The van der Waals surface area contributed by atoms with Gasteiger partial charge >= 0.3 is 0 Å². The Morgan fingerprint density at radius 1 is 1.16 bits per heavy atom. The van der Waals surface area contributed by atoms with Crippen LogP contribution >= 0.6 is 0 Å². The fraction of sp³-hybridized carbons (Fsp3) is 0.933. The maximum Gasteiger partial charge on any atom is 0.222 e. The van der Waals surface area contributed by atoms with Gasteiger partial charge in [0.25, 0.3) is 0 Å². The first kappa shape index (κ1) is 18.4. The fourth-order valence-corrected chi connectivity index (χ4v) is 1.79. The van der Waals surface area contributed by atoms with Crippen molar-refractivity contribution in [3.63, 3.8) is 0 Å². The van der Waals surface area contributed by atoms with Crippen molar-refractivity contribution in [1.29, 1.82) is 0 Å². The van der Waals surface area contributed by atoms with Crippen molar-refractivity contribution in [2.24, 2.45) is 0 Å². The van der Waals surface area contributed by atoms with Crippen LogP contribution < -0.4 is 0 Å². The summed E-state index contributed by atoms with van der Waals surface area (Å²) in [6, 6.07) is 0. The second kappa shape index (κ2) is 12.4. The number of unbranched alkanes of at least 4 members (excludes halogenated alkanes) is 1. The van der Waals surface area contributed by atoms with E-state index in [1.807, 2.05) is 20.9 Å². The van der Waals surface area contributed by atoms with Crippen LogP contribution in [-0.4, -0.2) is 62.1 Å². The number of rotatable bonds is 6. The quantitative estimate of drug-likeness (QED) is 0.744. The van der Waals surface area contributed by atoms with E-state index in [-0.39, 0.29) is 5.91 Å². The molecule has 0 bridgehead atoms. The molecule has 0 aromatic heterocycles. The van der Waals surface area contributed by atoms with E-state index in [0.717, 1.165) is 39.3 Å². The molecule has 1 saturated heterocycles. The average molecular weight is 272 g/mol. The highest BCUT2D eigenvalue weighted by molar-refractivity contribution is 5.75. The summed E-state index contributed by atoms with van der Waals surface area (Å²) in [5.41, 5.74) is 0. The van der Waals surface area contributed by atoms with Crippen molar-refractivity contribution in [3.8, 4) is 0 Å². The molecule has 0 aromatic carbocycles. The van der Waals surface area contributed by atoms with Crippen molar-refractivity contribution in [1.82, 2.24) is 9.80 Å². The Morgan fingerprint density at radius 3 is 2.26 bits per heavy atom. The summed E-state index contributed by atoms with van der Waals surface area (Å²) in [7, 11) is 1.83. The topological polar surface area (TPSA) is 32.8 Å². The molecule has 114 valence electrons. The lowest BCUT2D eigenvalue weighted by Crippen LogP contribution is -2.36. The van der Waals surface area contributed by atoms with Crippen LogP contribution in [0.5, 0.6) is 0 Å². The monoisotopic (exact) mass is 272 g/mol. The number of hydrogen-bond acceptors (Lipinski definition) is 3. The Balaban J connectivity index is 0.000000344. The maximum absolute atomic E-state index is 10.9. The SMILES string of the molecule is CCCC(=O)N(C)CC.CCCCN1CCOCC1. The van der Waals surface area contributed by atoms with Gasteiger partial charge in [-0.2, -0.15) is 0 Å². The Kier molecular flexibility index (Phi) is 12.0. The van der Waals surface area contributed by atoms with Gasteiger partial charge < -0.3 is 9.64 Å². The van der Waals surface area contributed by atoms with Gasteiger partial charge in [0.05, 0.1) is 13.2 Å². The summed E-state index contributed by atoms with van der Waals surface area (Å²) >= 11 is 0. The smallest absolute Gasteiger partial charge is 0.222 e. The van der Waals surface area contributed by atoms with E-state index in [2.05, 4.69) is 11.8 Å². The predicted molar refractivity (Wildman–Crippen MR) is 80.4 cm³/mol. The van der Waals surface area contributed by atoms with Crippen LogP contribution in [0.25, 0.3) is 0 Å². The third-order valence-electron chi connectivity index (χ3n) is 3.30. The minimum Gasteiger partial charge on any atom is -0.379 e. The molecule has 4 heteroatoms. The first-order chi connectivity index (χ1) is 9.15. The van der Waals surface area contributed by atoms with Gasteiger partial charge in [-0.1, -0.05) is 20.3 Å². The van der Waals surface area contributed by atoms with Crippen molar-refractivity contribution < 1.29 is 9.53 Å². The molecule has 1 aliphatic rings. The van der Waals surface area contributed by atoms with Gasteiger partial charge in [0.2, 0.25) is 5.91 Å². The molecule has 1 heterocycles. The third kappa shape index (κ3) is 9.91. The van der Waals surface area contributed by atoms with Crippen LogP contribution in [-0.2, 0) is 9.53 Å². The third-order valence-corrected chi connectivity index (χ3v) is 3.30. The van der Waals surface area contributed by atoms with Crippen LogP contribution in [0, 0.1) is 0 Å². The van der Waals surface area contributed by atoms with E-state index < -0.39 is 0 Å². The van der Waals surface area contributed by atoms with E-state index in [0.29, 0.717) is 6.42 Å². The highest BCUT2D eigenvalue weighted by Gasteiger charge is 2.08. The fourth-order valence-electron chi connectivity index (χ4n) is 1.79. The zero-order valence-corrected chi connectivity index (χ0v) is 13.3. The number of hydrogen-bond donors (Lipinski definition) is 0. The summed E-state index contributed by atoms with van der Waals surface area (Å²) in [6.45, 7) is 12.5. The molecular formula is C15H32N2O2. The molecule has 0 aromatic rings. The van der Waals surface area contributed by atoms with Crippen molar-refractivity contribution in [2.45, 2.75) is 46.5 Å². The first-order valence-corrected chi connectivity index (χ1v) is 7.69. The number of morpholine rings is 1. The van der Waals surface area contributed by atoms with Crippen LogP contribution in [0.3, 0.4) is 0 Å². The molecule has 0 unspecified atom stereocenters. The molecule has 0 atom stereocenters. The number of amides is 1. The molecule has 0 radical (unpaired) electrons. The van der Waals surface area contributed by atoms with Crippen LogP contribution in [0.2, 0.25) is 0 Å². The van der Waals surface area contributed by atoms with Gasteiger partial charge in [-0.3, -0.25) is 9.69 Å². The van der Waals surface area contributed by atoms with Gasteiger partial charge in [-0.05, 0) is 26.3 Å². The molecule has 1 rings (SSSR count). The number of ether oxygens (including phenoxy) is 1. The second-order valence-electron chi connectivity index (χ2n) is 4.97. The summed E-state index contributed by atoms with van der Waals surface area (Å²) in [5, 5.41) is 0. The number of carbonyl (C=O) groups is 1. The lowest BCUT2D eigenvalue weighted by Gasteiger charge is -2.26. The normalized spacial score (nSPS) is 15.6. The molecule has 4 nitrogen and oxygen atoms in total. The molecular weight excluding hydrogens is 240 g/mol. The van der Waals surface area contributed by atoms with Crippen LogP contribution in [0.15, 0.2) is 0 Å². The van der Waals surface area contributed by atoms with E-state index in [4.69, 9.17) is 4.74 Å². The van der Waals surface area contributed by atoms with E-state index >= 15 is 0 Å². The largest absolute Gasteiger partial charge is 0.379 e. The van der Waals surface area contributed by atoms with Crippen LogP contribution in [0.1, 0.15) is 46.5 Å². The zero-order valence-electron chi connectivity index (χ0n) is 13.3. The Morgan fingerprint density at radius 2 is 1.79 bits per heavy atom. The van der Waals surface area contributed by atoms with Gasteiger partial charge in [0.15, 0.2) is 0 Å². The summed E-state index contributed by atoms with van der Waals surface area (Å²) < 4.78 is 5.24. The Bertz CT molecular complexity index is 216. The summed E-state index contributed by atoms with van der Waals surface area (Å²) in [6.07, 6.45) is 4.27. The second-order valence-corrected chi connectivity index (χ2v) is 4.97. The van der Waals surface area contributed by atoms with E-state index in [9.17, 15) is 4.79 Å². The Hall–Kier alpha value is -0.610. The minimum atomic E-state index is 0.250. The highest BCUT2D eigenvalue weighted by Crippen LogP contribution is 1.98. The maximum atomic E-state index is 10.9. The summed E-state index contributed by atoms with van der Waals surface area (Å²) in [4.78, 5) is 15.1. The lowest BCUT2D eigenvalue weighted by atomic mass is 10.3. The van der Waals surface area contributed by atoms with Crippen LogP contribution in [0.4, 0.5) is 0 Å². The van der Waals surface area contributed by atoms with Gasteiger partial charge in [0, 0.05) is 33.1 Å².